The first-order valence-corrected chi connectivity index (χ1v) is 10.6. The van der Waals surface area contributed by atoms with Crippen molar-refractivity contribution in [1.82, 2.24) is 4.98 Å². The molecule has 1 aromatic heterocycles. The molecule has 0 spiro atoms. The Morgan fingerprint density at radius 3 is 2.00 bits per heavy atom. The third kappa shape index (κ3) is 9.11. The van der Waals surface area contributed by atoms with Crippen LogP contribution in [0, 0.1) is 9.39 Å². The van der Waals surface area contributed by atoms with E-state index in [0.717, 1.165) is 33.8 Å². The Bertz CT molecular complexity index is 562. The van der Waals surface area contributed by atoms with Gasteiger partial charge in [0.2, 0.25) is 0 Å². The molecule has 2 N–H and O–H groups in total. The van der Waals surface area contributed by atoms with Crippen LogP contribution in [0.2, 0.25) is 0 Å². The molecule has 0 fully saturated rings. The number of benzene rings is 1. The molecular formula is C15H18F4IN2S-. The third-order valence-corrected chi connectivity index (χ3v) is 4.67. The number of hydrogen-bond acceptors (Lipinski definition) is 3. The van der Waals surface area contributed by atoms with Crippen molar-refractivity contribution in [2.24, 2.45) is 5.14 Å². The maximum Gasteiger partial charge on any atom is 0.142 e. The average Bonchev–Trinajstić information content (AvgIpc) is 2.56. The molecule has 0 saturated heterocycles. The molecule has 0 radical (unpaired) electrons. The van der Waals surface area contributed by atoms with Gasteiger partial charge in [0.15, 0.2) is 0 Å². The number of nitrogens with zero attached hydrogens (tertiary/aromatic N) is 1. The van der Waals surface area contributed by atoms with E-state index < -0.39 is 11.7 Å². The molecule has 0 amide bonds. The number of nitrogens with two attached hydrogens (primary N) is 1. The second-order valence-corrected chi connectivity index (χ2v) is 6.68. The van der Waals surface area contributed by atoms with Gasteiger partial charge in [0.1, 0.15) is 5.82 Å². The van der Waals surface area contributed by atoms with Crippen LogP contribution in [-0.2, 0) is 6.18 Å². The molecule has 0 aliphatic carbocycles. The van der Waals surface area contributed by atoms with Gasteiger partial charge >= 0.3 is 78.9 Å². The van der Waals surface area contributed by atoms with Crippen LogP contribution in [0.5, 0.6) is 0 Å². The summed E-state index contributed by atoms with van der Waals surface area (Å²) in [5.74, 6) is -0.356. The van der Waals surface area contributed by atoms with Crippen LogP contribution >= 0.6 is 11.9 Å². The molecular weight excluding hydrogens is 443 g/mol. The van der Waals surface area contributed by atoms with Crippen molar-refractivity contribution < 1.29 is 38.8 Å². The van der Waals surface area contributed by atoms with Crippen molar-refractivity contribution in [3.63, 3.8) is 0 Å². The Hall–Kier alpha value is -0.870. The zero-order chi connectivity index (χ0) is 17.9. The fraction of sp³-hybridized carbons (Fsp3) is 0.267. The summed E-state index contributed by atoms with van der Waals surface area (Å²) in [6.07, 6.45) is -1.56. The fourth-order valence-corrected chi connectivity index (χ4v) is 2.60. The van der Waals surface area contributed by atoms with E-state index in [9.17, 15) is 17.6 Å². The molecule has 2 nitrogen and oxygen atoms in total. The van der Waals surface area contributed by atoms with Crippen molar-refractivity contribution >= 4 is 11.9 Å². The van der Waals surface area contributed by atoms with Gasteiger partial charge < -0.3 is 0 Å². The van der Waals surface area contributed by atoms with E-state index in [0.29, 0.717) is 4.90 Å². The molecule has 0 saturated carbocycles. The summed E-state index contributed by atoms with van der Waals surface area (Å²) in [5, 5.41) is 5.13. The first-order valence-electron chi connectivity index (χ1n) is 6.51. The van der Waals surface area contributed by atoms with Crippen molar-refractivity contribution in [1.29, 1.82) is 0 Å². The molecule has 130 valence electrons. The standard InChI is InChI=1S/C8H7F3I.C5H5FN2S.C2H6/c1-12-7-4-2-6(3-5-7)8(9,10)11;6-4-1-5(9-7)3-8-2-4;1-2/h2-5H,1H3;1-3H,7H2;1-2H3/q-1;;. The zero-order valence-electron chi connectivity index (χ0n) is 12.9. The molecule has 23 heavy (non-hydrogen) atoms. The summed E-state index contributed by atoms with van der Waals surface area (Å²) in [6, 6.07) is 6.71. The summed E-state index contributed by atoms with van der Waals surface area (Å²) in [5.41, 5.74) is -0.566. The summed E-state index contributed by atoms with van der Waals surface area (Å²) >= 11 is 0.873. The number of rotatable bonds is 2. The summed E-state index contributed by atoms with van der Waals surface area (Å²) < 4.78 is 49.3. The van der Waals surface area contributed by atoms with Gasteiger partial charge in [-0.3, -0.25) is 10.1 Å². The Balaban J connectivity index is 0.000000392. The van der Waals surface area contributed by atoms with Crippen molar-refractivity contribution in [2.75, 3.05) is 4.93 Å². The molecule has 1 heterocycles. The quantitative estimate of drug-likeness (QED) is 0.321. The monoisotopic (exact) mass is 461 g/mol. The molecule has 2 rings (SSSR count). The summed E-state index contributed by atoms with van der Waals surface area (Å²) in [4.78, 5) is 6.23. The van der Waals surface area contributed by atoms with Crippen LogP contribution in [0.25, 0.3) is 0 Å². The first-order chi connectivity index (χ1) is 10.9. The largest absolute Gasteiger partial charge is 0.274 e. The zero-order valence-corrected chi connectivity index (χ0v) is 15.8. The van der Waals surface area contributed by atoms with Crippen LogP contribution in [0.4, 0.5) is 17.6 Å². The second kappa shape index (κ2) is 11.6. The maximum atomic E-state index is 12.2. The summed E-state index contributed by atoms with van der Waals surface area (Å²) in [6.45, 7) is 4.00. The van der Waals surface area contributed by atoms with Gasteiger partial charge in [0.25, 0.3) is 0 Å². The minimum atomic E-state index is -4.20. The molecule has 1 aromatic carbocycles. The van der Waals surface area contributed by atoms with Gasteiger partial charge in [-0.15, -0.1) is 0 Å². The fourth-order valence-electron chi connectivity index (χ4n) is 1.22. The van der Waals surface area contributed by atoms with E-state index in [2.05, 4.69) is 4.98 Å². The van der Waals surface area contributed by atoms with E-state index in [1.165, 1.54) is 12.3 Å². The molecule has 8 heteroatoms. The van der Waals surface area contributed by atoms with Crippen LogP contribution in [0.15, 0.2) is 47.6 Å². The van der Waals surface area contributed by atoms with Gasteiger partial charge in [0, 0.05) is 11.1 Å². The van der Waals surface area contributed by atoms with E-state index >= 15 is 0 Å². The van der Waals surface area contributed by atoms with E-state index in [1.54, 1.807) is 12.1 Å². The van der Waals surface area contributed by atoms with Gasteiger partial charge in [-0.2, -0.15) is 0 Å². The van der Waals surface area contributed by atoms with Crippen LogP contribution < -0.4 is 26.3 Å². The number of halogens is 5. The van der Waals surface area contributed by atoms with E-state index in [4.69, 9.17) is 5.14 Å². The predicted molar refractivity (Wildman–Crippen MR) is 81.7 cm³/mol. The maximum absolute atomic E-state index is 12.2. The Morgan fingerprint density at radius 1 is 1.09 bits per heavy atom. The topological polar surface area (TPSA) is 38.9 Å². The molecule has 0 aliphatic heterocycles. The van der Waals surface area contributed by atoms with Crippen molar-refractivity contribution in [3.8, 4) is 0 Å². The SMILES string of the molecule is CC.C[I-]c1ccc(C(F)(F)F)cc1.NSc1cncc(F)c1. The smallest absolute Gasteiger partial charge is 0.142 e. The van der Waals surface area contributed by atoms with Gasteiger partial charge in [-0.25, -0.2) is 4.39 Å². The van der Waals surface area contributed by atoms with E-state index in [1.807, 2.05) is 18.8 Å². The van der Waals surface area contributed by atoms with Crippen molar-refractivity contribution in [3.05, 3.63) is 57.7 Å². The van der Waals surface area contributed by atoms with E-state index in [-0.39, 0.29) is 27.0 Å². The van der Waals surface area contributed by atoms with Gasteiger partial charge in [-0.05, 0) is 18.0 Å². The van der Waals surface area contributed by atoms with Gasteiger partial charge in [0.05, 0.1) is 6.20 Å². The summed E-state index contributed by atoms with van der Waals surface area (Å²) in [7, 11) is 0. The normalized spacial score (nSPS) is 10.3. The molecule has 0 aliphatic rings. The van der Waals surface area contributed by atoms with Crippen molar-refractivity contribution in [2.45, 2.75) is 24.9 Å². The Labute approximate surface area is 148 Å². The van der Waals surface area contributed by atoms with Crippen LogP contribution in [0.1, 0.15) is 19.4 Å². The third-order valence-electron chi connectivity index (χ3n) is 2.21. The number of hydrogen-bond donors (Lipinski definition) is 1. The molecule has 2 aromatic rings. The molecule has 0 bridgehead atoms. The number of aromatic nitrogens is 1. The minimum absolute atomic E-state index is 0.107. The first kappa shape index (κ1) is 22.1. The number of pyridine rings is 1. The Kier molecular flexibility index (Phi) is 11.2. The number of alkyl halides is 4. The second-order valence-electron chi connectivity index (χ2n) is 3.65. The van der Waals surface area contributed by atoms with Gasteiger partial charge in [-0.1, -0.05) is 13.8 Å². The molecule has 0 atom stereocenters. The average molecular weight is 461 g/mol. The predicted octanol–water partition coefficient (Wildman–Crippen LogP) is 1.81. The molecule has 0 unspecified atom stereocenters. The van der Waals surface area contributed by atoms with Crippen LogP contribution in [0.3, 0.4) is 0 Å². The Morgan fingerprint density at radius 2 is 1.65 bits per heavy atom. The minimum Gasteiger partial charge on any atom is -0.274 e. The van der Waals surface area contributed by atoms with Crippen LogP contribution in [-0.4, -0.2) is 9.91 Å².